The van der Waals surface area contributed by atoms with Crippen molar-refractivity contribution >= 4 is 11.4 Å². The first-order chi connectivity index (χ1) is 10.3. The number of hydrogen-bond donors (Lipinski definition) is 0. The molecule has 1 aromatic rings. The number of nitrogens with zero attached hydrogens (tertiary/aromatic N) is 2. The van der Waals surface area contributed by atoms with E-state index in [1.165, 1.54) is 23.2 Å². The molecule has 25 heavy (non-hydrogen) atoms. The van der Waals surface area contributed by atoms with Crippen LogP contribution in [0.3, 0.4) is 0 Å². The summed E-state index contributed by atoms with van der Waals surface area (Å²) in [6, 6.07) is 6.64. The Bertz CT molecular complexity index is 509. The monoisotopic (exact) mass is 508 g/mol. The molecule has 1 aliphatic carbocycles. The van der Waals surface area contributed by atoms with Crippen LogP contribution < -0.4 is 0 Å². The van der Waals surface area contributed by atoms with Gasteiger partial charge in [-0.2, -0.15) is 0 Å². The van der Waals surface area contributed by atoms with Crippen LogP contribution in [0, 0.1) is 22.3 Å². The zero-order chi connectivity index (χ0) is 15.1. The van der Waals surface area contributed by atoms with E-state index in [2.05, 4.69) is 43.1 Å². The van der Waals surface area contributed by atoms with Crippen LogP contribution in [0.5, 0.6) is 0 Å². The predicted octanol–water partition coefficient (Wildman–Crippen LogP) is 7.08. The standard InChI is InChI=1S/C19H27N2.3CH3.Hf/c1-4-9-15-11-8-12-16(10-5-2)19(15)21-18-14-7-6-13-17(18)20-3;;;;/h8,11-12,14H,4-7,9-10,13H2,1-3H3;3*1H3;/q4*-1;+4. The number of rotatable bonds is 6. The number of hydrogen-bond acceptors (Lipinski definition) is 1. The molecule has 2 nitrogen and oxygen atoms in total. The molecule has 1 aliphatic rings. The summed E-state index contributed by atoms with van der Waals surface area (Å²) in [6.07, 6.45) is 10.2. The Labute approximate surface area is 176 Å². The van der Waals surface area contributed by atoms with Crippen LogP contribution in [0.15, 0.2) is 35.0 Å². The number of allylic oxidation sites excluding steroid dienone is 2. The fourth-order valence-electron chi connectivity index (χ4n) is 2.94. The van der Waals surface area contributed by atoms with Crippen molar-refractivity contribution in [2.24, 2.45) is 4.99 Å². The Morgan fingerprint density at radius 2 is 1.56 bits per heavy atom. The van der Waals surface area contributed by atoms with Crippen molar-refractivity contribution in [2.45, 2.75) is 58.8 Å². The third-order valence-electron chi connectivity index (χ3n) is 4.00. The third kappa shape index (κ3) is 8.02. The first kappa shape index (κ1) is 29.1. The van der Waals surface area contributed by atoms with Crippen LogP contribution in [0.1, 0.15) is 57.1 Å². The van der Waals surface area contributed by atoms with Crippen LogP contribution in [-0.2, 0) is 38.7 Å². The molecule has 0 N–H and O–H groups in total. The summed E-state index contributed by atoms with van der Waals surface area (Å²) < 4.78 is 0. The van der Waals surface area contributed by atoms with Crippen LogP contribution in [-0.4, -0.2) is 12.8 Å². The second-order valence-electron chi connectivity index (χ2n) is 5.69. The largest absolute Gasteiger partial charge is 4.00 e. The Hall–Kier alpha value is -0.700. The predicted molar refractivity (Wildman–Crippen MR) is 112 cm³/mol. The van der Waals surface area contributed by atoms with E-state index in [0.717, 1.165) is 49.9 Å². The summed E-state index contributed by atoms with van der Waals surface area (Å²) in [5.74, 6) is 0. The molecule has 0 amide bonds. The molecule has 0 aliphatic heterocycles. The molecule has 3 heteroatoms. The molecule has 0 heterocycles. The molecule has 0 radical (unpaired) electrons. The average Bonchev–Trinajstić information content (AvgIpc) is 2.51. The molecular weight excluding hydrogens is 471 g/mol. The Morgan fingerprint density at radius 1 is 1.00 bits per heavy atom. The van der Waals surface area contributed by atoms with Crippen molar-refractivity contribution < 1.29 is 25.8 Å². The van der Waals surface area contributed by atoms with Gasteiger partial charge in [0.1, 0.15) is 0 Å². The topological polar surface area (TPSA) is 26.5 Å². The van der Waals surface area contributed by atoms with Crippen LogP contribution in [0.2, 0.25) is 0 Å². The van der Waals surface area contributed by atoms with E-state index < -0.39 is 0 Å². The number of aryl methyl sites for hydroxylation is 2. The van der Waals surface area contributed by atoms with Gasteiger partial charge < -0.3 is 27.6 Å². The van der Waals surface area contributed by atoms with Crippen molar-refractivity contribution in [1.82, 2.24) is 0 Å². The van der Waals surface area contributed by atoms with Gasteiger partial charge in [0, 0.05) is 12.8 Å². The second-order valence-corrected chi connectivity index (χ2v) is 5.69. The van der Waals surface area contributed by atoms with E-state index in [1.54, 1.807) is 0 Å². The van der Waals surface area contributed by atoms with Crippen LogP contribution >= 0.6 is 0 Å². The van der Waals surface area contributed by atoms with E-state index in [1.807, 2.05) is 7.05 Å². The minimum absolute atomic E-state index is 0. The van der Waals surface area contributed by atoms with E-state index in [-0.39, 0.29) is 48.1 Å². The second kappa shape index (κ2) is 15.5. The maximum Gasteiger partial charge on any atom is 4.00 e. The van der Waals surface area contributed by atoms with Crippen molar-refractivity contribution in [1.29, 1.82) is 0 Å². The normalized spacial score (nSPS) is 14.2. The summed E-state index contributed by atoms with van der Waals surface area (Å²) >= 11 is 0. The molecule has 0 aromatic heterocycles. The zero-order valence-corrected chi connectivity index (χ0v) is 20.7. The van der Waals surface area contributed by atoms with Gasteiger partial charge in [-0.25, -0.2) is 0 Å². The van der Waals surface area contributed by atoms with Gasteiger partial charge in [-0.3, -0.25) is 4.99 Å². The molecular formula is C22H36HfN2. The van der Waals surface area contributed by atoms with Crippen molar-refractivity contribution in [3.8, 4) is 0 Å². The third-order valence-corrected chi connectivity index (χ3v) is 4.00. The number of aliphatic imine (C=N–C) groups is 1. The maximum absolute atomic E-state index is 5.04. The minimum atomic E-state index is 0. The number of para-hydroxylation sites is 1. The molecule has 0 unspecified atom stereocenters. The van der Waals surface area contributed by atoms with Crippen LogP contribution in [0.4, 0.5) is 5.69 Å². The maximum atomic E-state index is 5.04. The van der Waals surface area contributed by atoms with Gasteiger partial charge in [0.05, 0.1) is 0 Å². The average molecular weight is 507 g/mol. The molecule has 0 fully saturated rings. The van der Waals surface area contributed by atoms with E-state index >= 15 is 0 Å². The Kier molecular flexibility index (Phi) is 18.1. The first-order valence-electron chi connectivity index (χ1n) is 8.28. The molecule has 0 bridgehead atoms. The SMILES string of the molecule is CCCc1cccc(CCC)c1[N-]C1=CCCCC1=NC.[CH3-].[CH3-].[CH3-].[Hf+4]. The molecule has 2 rings (SSSR count). The minimum Gasteiger partial charge on any atom is -0.656 e. The molecule has 0 spiro atoms. The first-order valence-corrected chi connectivity index (χ1v) is 8.28. The van der Waals surface area contributed by atoms with E-state index in [9.17, 15) is 0 Å². The molecule has 0 saturated carbocycles. The molecule has 0 saturated heterocycles. The summed E-state index contributed by atoms with van der Waals surface area (Å²) in [5, 5.41) is 5.04. The van der Waals surface area contributed by atoms with Gasteiger partial charge in [-0.15, -0.1) is 11.4 Å². The summed E-state index contributed by atoms with van der Waals surface area (Å²) in [4.78, 5) is 4.43. The zero-order valence-electron chi connectivity index (χ0n) is 17.2. The molecule has 138 valence electrons. The molecule has 1 aromatic carbocycles. The van der Waals surface area contributed by atoms with Gasteiger partial charge in [0.2, 0.25) is 0 Å². The Morgan fingerprint density at radius 3 is 2.04 bits per heavy atom. The quantitative estimate of drug-likeness (QED) is 0.291. The van der Waals surface area contributed by atoms with Gasteiger partial charge >= 0.3 is 25.8 Å². The van der Waals surface area contributed by atoms with Crippen molar-refractivity contribution in [2.75, 3.05) is 7.05 Å². The van der Waals surface area contributed by atoms with E-state index in [0.29, 0.717) is 0 Å². The summed E-state index contributed by atoms with van der Waals surface area (Å²) in [6.45, 7) is 4.46. The smallest absolute Gasteiger partial charge is 0.656 e. The summed E-state index contributed by atoms with van der Waals surface area (Å²) in [5.41, 5.74) is 6.23. The van der Waals surface area contributed by atoms with Gasteiger partial charge in [0.15, 0.2) is 0 Å². The van der Waals surface area contributed by atoms with Crippen molar-refractivity contribution in [3.05, 3.63) is 68.7 Å². The molecule has 0 atom stereocenters. The van der Waals surface area contributed by atoms with Crippen LogP contribution in [0.25, 0.3) is 5.32 Å². The van der Waals surface area contributed by atoms with Gasteiger partial charge in [0.25, 0.3) is 0 Å². The van der Waals surface area contributed by atoms with E-state index in [4.69, 9.17) is 5.32 Å². The Balaban J connectivity index is -0.00000121. The fraction of sp³-hybridized carbons (Fsp3) is 0.455. The fourth-order valence-corrected chi connectivity index (χ4v) is 2.94. The number of benzene rings is 1. The summed E-state index contributed by atoms with van der Waals surface area (Å²) in [7, 11) is 1.88. The van der Waals surface area contributed by atoms with Gasteiger partial charge in [-0.1, -0.05) is 62.1 Å². The van der Waals surface area contributed by atoms with Crippen molar-refractivity contribution in [3.63, 3.8) is 0 Å². The van der Waals surface area contributed by atoms with Gasteiger partial charge in [-0.05, 0) is 32.1 Å².